The zero-order chi connectivity index (χ0) is 13.8. The van der Waals surface area contributed by atoms with Crippen LogP contribution in [0.2, 0.25) is 0 Å². The first-order valence-corrected chi connectivity index (χ1v) is 6.92. The summed E-state index contributed by atoms with van der Waals surface area (Å²) in [7, 11) is 0. The Bertz CT molecular complexity index is 548. The Morgan fingerprint density at radius 3 is 1.32 bits per heavy atom. The molecule has 0 atom stereocenters. The molecule has 0 unspecified atom stereocenters. The fraction of sp³-hybridized carbons (Fsp3) is 0. The van der Waals surface area contributed by atoms with Gasteiger partial charge in [0, 0.05) is 8.95 Å². The van der Waals surface area contributed by atoms with Crippen LogP contribution in [0.1, 0.15) is 20.7 Å². The number of ether oxygens (including phenoxy) is 1. The van der Waals surface area contributed by atoms with E-state index in [9.17, 15) is 9.59 Å². The molecular formula is C14H8Br2O3. The summed E-state index contributed by atoms with van der Waals surface area (Å²) in [5.74, 6) is -1.33. The van der Waals surface area contributed by atoms with E-state index < -0.39 is 11.9 Å². The fourth-order valence-electron chi connectivity index (χ4n) is 1.37. The average Bonchev–Trinajstić information content (AvgIpc) is 2.40. The quantitative estimate of drug-likeness (QED) is 0.576. The summed E-state index contributed by atoms with van der Waals surface area (Å²) in [5, 5.41) is 0. The van der Waals surface area contributed by atoms with Crippen LogP contribution in [0.5, 0.6) is 0 Å². The molecule has 0 aliphatic rings. The second-order valence-electron chi connectivity index (χ2n) is 3.69. The SMILES string of the molecule is O=C(OC(=O)c1ccc(Br)cc1)c1ccc(Br)cc1. The number of rotatable bonds is 2. The minimum absolute atomic E-state index is 0.327. The largest absolute Gasteiger partial charge is 0.386 e. The molecule has 2 rings (SSSR count). The summed E-state index contributed by atoms with van der Waals surface area (Å²) in [6.07, 6.45) is 0. The smallest absolute Gasteiger partial charge is 0.346 e. The molecule has 96 valence electrons. The number of hydrogen-bond acceptors (Lipinski definition) is 3. The van der Waals surface area contributed by atoms with Gasteiger partial charge < -0.3 is 4.74 Å². The maximum atomic E-state index is 11.7. The highest BCUT2D eigenvalue weighted by molar-refractivity contribution is 9.10. The van der Waals surface area contributed by atoms with Crippen LogP contribution in [0.4, 0.5) is 0 Å². The van der Waals surface area contributed by atoms with Gasteiger partial charge in [0.1, 0.15) is 0 Å². The van der Waals surface area contributed by atoms with Crippen LogP contribution in [0.25, 0.3) is 0 Å². The van der Waals surface area contributed by atoms with Crippen molar-refractivity contribution < 1.29 is 14.3 Å². The summed E-state index contributed by atoms with van der Waals surface area (Å²) >= 11 is 6.53. The second-order valence-corrected chi connectivity index (χ2v) is 5.52. The van der Waals surface area contributed by atoms with Gasteiger partial charge in [-0.2, -0.15) is 0 Å². The maximum absolute atomic E-state index is 11.7. The third-order valence-electron chi connectivity index (χ3n) is 2.35. The summed E-state index contributed by atoms with van der Waals surface area (Å²) in [5.41, 5.74) is 0.655. The van der Waals surface area contributed by atoms with Gasteiger partial charge in [0.25, 0.3) is 0 Å². The predicted molar refractivity (Wildman–Crippen MR) is 78.0 cm³/mol. The Balaban J connectivity index is 2.08. The van der Waals surface area contributed by atoms with Crippen molar-refractivity contribution in [3.05, 3.63) is 68.6 Å². The molecule has 0 N–H and O–H groups in total. The molecule has 0 fully saturated rings. The lowest BCUT2D eigenvalue weighted by Crippen LogP contribution is -2.12. The van der Waals surface area contributed by atoms with E-state index in [1.54, 1.807) is 48.5 Å². The Morgan fingerprint density at radius 1 is 0.684 bits per heavy atom. The molecular weight excluding hydrogens is 376 g/mol. The highest BCUT2D eigenvalue weighted by atomic mass is 79.9. The van der Waals surface area contributed by atoms with Crippen molar-refractivity contribution in [1.29, 1.82) is 0 Å². The maximum Gasteiger partial charge on any atom is 0.346 e. The molecule has 0 bridgehead atoms. The first kappa shape index (κ1) is 14.0. The lowest BCUT2D eigenvalue weighted by molar-refractivity contribution is 0.0398. The Kier molecular flexibility index (Phi) is 4.50. The van der Waals surface area contributed by atoms with E-state index in [-0.39, 0.29) is 0 Å². The van der Waals surface area contributed by atoms with Gasteiger partial charge in [-0.3, -0.25) is 0 Å². The van der Waals surface area contributed by atoms with Gasteiger partial charge in [0.2, 0.25) is 0 Å². The fourth-order valence-corrected chi connectivity index (χ4v) is 1.90. The van der Waals surface area contributed by atoms with Crippen molar-refractivity contribution in [3.8, 4) is 0 Å². The lowest BCUT2D eigenvalue weighted by atomic mass is 10.2. The molecule has 0 saturated heterocycles. The van der Waals surface area contributed by atoms with Gasteiger partial charge in [-0.05, 0) is 48.5 Å². The summed E-state index contributed by atoms with van der Waals surface area (Å²) in [6, 6.07) is 13.2. The summed E-state index contributed by atoms with van der Waals surface area (Å²) < 4.78 is 6.49. The van der Waals surface area contributed by atoms with Crippen LogP contribution in [0, 0.1) is 0 Å². The zero-order valence-corrected chi connectivity index (χ0v) is 12.8. The Morgan fingerprint density at radius 2 is 1.00 bits per heavy atom. The second kappa shape index (κ2) is 6.12. The van der Waals surface area contributed by atoms with E-state index in [0.29, 0.717) is 11.1 Å². The average molecular weight is 384 g/mol. The minimum atomic E-state index is -0.666. The van der Waals surface area contributed by atoms with Gasteiger partial charge >= 0.3 is 11.9 Å². The highest BCUT2D eigenvalue weighted by Crippen LogP contribution is 2.14. The predicted octanol–water partition coefficient (Wildman–Crippen LogP) is 4.21. The van der Waals surface area contributed by atoms with E-state index in [2.05, 4.69) is 31.9 Å². The zero-order valence-electron chi connectivity index (χ0n) is 9.60. The van der Waals surface area contributed by atoms with Crippen LogP contribution in [0.3, 0.4) is 0 Å². The molecule has 0 heterocycles. The molecule has 5 heteroatoms. The number of halogens is 2. The van der Waals surface area contributed by atoms with Crippen molar-refractivity contribution in [2.75, 3.05) is 0 Å². The van der Waals surface area contributed by atoms with Gasteiger partial charge in [-0.15, -0.1) is 0 Å². The van der Waals surface area contributed by atoms with Crippen LogP contribution < -0.4 is 0 Å². The first-order valence-electron chi connectivity index (χ1n) is 5.34. The third kappa shape index (κ3) is 3.75. The molecule has 0 radical (unpaired) electrons. The summed E-state index contributed by atoms with van der Waals surface area (Å²) in [6.45, 7) is 0. The number of carbonyl (C=O) groups excluding carboxylic acids is 2. The van der Waals surface area contributed by atoms with E-state index >= 15 is 0 Å². The molecule has 3 nitrogen and oxygen atoms in total. The molecule has 2 aromatic carbocycles. The van der Waals surface area contributed by atoms with Crippen molar-refractivity contribution in [2.24, 2.45) is 0 Å². The number of benzene rings is 2. The van der Waals surface area contributed by atoms with Crippen LogP contribution in [0.15, 0.2) is 57.5 Å². The number of hydrogen-bond donors (Lipinski definition) is 0. The van der Waals surface area contributed by atoms with Crippen LogP contribution >= 0.6 is 31.9 Å². The molecule has 0 amide bonds. The highest BCUT2D eigenvalue weighted by Gasteiger charge is 2.14. The molecule has 0 aliphatic carbocycles. The van der Waals surface area contributed by atoms with Gasteiger partial charge in [-0.25, -0.2) is 9.59 Å². The molecule has 0 aromatic heterocycles. The van der Waals surface area contributed by atoms with Crippen molar-refractivity contribution in [2.45, 2.75) is 0 Å². The van der Waals surface area contributed by atoms with Gasteiger partial charge in [0.15, 0.2) is 0 Å². The molecule has 0 spiro atoms. The number of carbonyl (C=O) groups is 2. The van der Waals surface area contributed by atoms with Crippen LogP contribution in [-0.2, 0) is 4.74 Å². The van der Waals surface area contributed by atoms with E-state index in [1.807, 2.05) is 0 Å². The third-order valence-corrected chi connectivity index (χ3v) is 3.40. The van der Waals surface area contributed by atoms with E-state index in [4.69, 9.17) is 4.74 Å². The Hall–Kier alpha value is -1.46. The minimum Gasteiger partial charge on any atom is -0.386 e. The van der Waals surface area contributed by atoms with Gasteiger partial charge in [-0.1, -0.05) is 31.9 Å². The van der Waals surface area contributed by atoms with Gasteiger partial charge in [0.05, 0.1) is 11.1 Å². The molecule has 0 saturated carbocycles. The normalized spacial score (nSPS) is 10.0. The van der Waals surface area contributed by atoms with Crippen molar-refractivity contribution in [1.82, 2.24) is 0 Å². The van der Waals surface area contributed by atoms with Crippen molar-refractivity contribution >= 4 is 43.8 Å². The van der Waals surface area contributed by atoms with Crippen LogP contribution in [-0.4, -0.2) is 11.9 Å². The monoisotopic (exact) mass is 382 g/mol. The topological polar surface area (TPSA) is 43.4 Å². The number of esters is 2. The standard InChI is InChI=1S/C14H8Br2O3/c15-11-5-1-9(2-6-11)13(17)19-14(18)10-3-7-12(16)8-4-10/h1-8H. The van der Waals surface area contributed by atoms with E-state index in [1.165, 1.54) is 0 Å². The lowest BCUT2D eigenvalue weighted by Gasteiger charge is -2.03. The summed E-state index contributed by atoms with van der Waals surface area (Å²) in [4.78, 5) is 23.5. The molecule has 0 aliphatic heterocycles. The van der Waals surface area contributed by atoms with E-state index in [0.717, 1.165) is 8.95 Å². The Labute approximate surface area is 126 Å². The molecule has 19 heavy (non-hydrogen) atoms. The molecule has 2 aromatic rings. The van der Waals surface area contributed by atoms with Crippen molar-refractivity contribution in [3.63, 3.8) is 0 Å². The first-order chi connectivity index (χ1) is 9.06.